The molecule has 0 bridgehead atoms. The maximum absolute atomic E-state index is 10.4. The molecule has 2 aliphatic rings. The largest absolute Gasteiger partial charge is 1.00 e. The van der Waals surface area contributed by atoms with Crippen molar-refractivity contribution in [2.75, 3.05) is 12.3 Å². The van der Waals surface area contributed by atoms with Crippen molar-refractivity contribution in [3.8, 4) is 0 Å². The molecule has 4 heterocycles. The summed E-state index contributed by atoms with van der Waals surface area (Å²) in [5.74, 6) is 0.235. The van der Waals surface area contributed by atoms with E-state index in [-0.39, 0.29) is 42.0 Å². The smallest absolute Gasteiger partial charge is 0.386 e. The predicted octanol–water partition coefficient (Wildman–Crippen LogP) is -3.70. The van der Waals surface area contributed by atoms with Gasteiger partial charge in [-0.1, -0.05) is 0 Å². The Hall–Kier alpha value is -0.200. The molecule has 2 aromatic rings. The minimum atomic E-state index is -3.33. The molecule has 0 spiro atoms. The van der Waals surface area contributed by atoms with Crippen LogP contribution in [-0.2, 0) is 25.6 Å². The Morgan fingerprint density at radius 3 is 2.96 bits per heavy atom. The van der Waals surface area contributed by atoms with Crippen LogP contribution in [0, 0.1) is 0 Å². The van der Waals surface area contributed by atoms with Crippen molar-refractivity contribution < 1.29 is 53.3 Å². The normalized spacial score (nSPS) is 36.6. The number of aromatic nitrogens is 4. The molecule has 5 atom stereocenters. The van der Waals surface area contributed by atoms with Crippen molar-refractivity contribution in [3.05, 3.63) is 12.7 Å². The second kappa shape index (κ2) is 6.26. The van der Waals surface area contributed by atoms with Crippen molar-refractivity contribution in [2.45, 2.75) is 24.5 Å². The summed E-state index contributed by atoms with van der Waals surface area (Å²) in [5.41, 5.74) is 6.58. The van der Waals surface area contributed by atoms with Crippen LogP contribution in [0.25, 0.3) is 11.2 Å². The van der Waals surface area contributed by atoms with Gasteiger partial charge in [-0.25, -0.2) is 15.0 Å². The number of nitrogen functional groups attached to an aromatic ring is 1. The molecular formula is C10H12N5NaO5PS+. The Kier molecular flexibility index (Phi) is 4.80. The van der Waals surface area contributed by atoms with Gasteiger partial charge in [-0.15, -0.1) is 0 Å². The number of anilines is 1. The van der Waals surface area contributed by atoms with Crippen molar-refractivity contribution in [3.63, 3.8) is 0 Å². The van der Waals surface area contributed by atoms with Crippen LogP contribution >= 0.6 is 6.72 Å². The van der Waals surface area contributed by atoms with Gasteiger partial charge >= 0.3 is 36.3 Å². The van der Waals surface area contributed by atoms with Crippen LogP contribution in [0.1, 0.15) is 6.23 Å². The zero-order valence-electron chi connectivity index (χ0n) is 12.0. The third-order valence-corrected chi connectivity index (χ3v) is 5.19. The van der Waals surface area contributed by atoms with E-state index in [0.29, 0.717) is 11.2 Å². The summed E-state index contributed by atoms with van der Waals surface area (Å²) in [6.07, 6.45) is -0.414. The van der Waals surface area contributed by atoms with Crippen LogP contribution in [0.3, 0.4) is 0 Å². The van der Waals surface area contributed by atoms with Crippen LogP contribution in [0.4, 0.5) is 5.82 Å². The summed E-state index contributed by atoms with van der Waals surface area (Å²) in [6, 6.07) is 0. The summed E-state index contributed by atoms with van der Waals surface area (Å²) in [7, 11) is 0. The van der Waals surface area contributed by atoms with E-state index >= 15 is 0 Å². The SMILES string of the molecule is Nc1ncnc2c1ncn2[C@@H]1O[C@@H]2COP(O)(=S)O[C@H]2[C@H]1O.[Na+]. The second-order valence-corrected chi connectivity index (χ2v) is 7.76. The average molecular weight is 368 g/mol. The van der Waals surface area contributed by atoms with Gasteiger partial charge < -0.3 is 25.0 Å². The second-order valence-electron chi connectivity index (χ2n) is 4.97. The molecule has 0 amide bonds. The molecule has 1 unspecified atom stereocenters. The van der Waals surface area contributed by atoms with E-state index in [1.165, 1.54) is 12.7 Å². The fourth-order valence-electron chi connectivity index (χ4n) is 2.62. The van der Waals surface area contributed by atoms with Crippen molar-refractivity contribution in [1.29, 1.82) is 0 Å². The molecule has 2 fully saturated rings. The zero-order chi connectivity index (χ0) is 15.5. The third-order valence-electron chi connectivity index (χ3n) is 3.63. The summed E-state index contributed by atoms with van der Waals surface area (Å²) in [6.45, 7) is -3.28. The number of nitrogens with zero attached hydrogens (tertiary/aromatic N) is 4. The van der Waals surface area contributed by atoms with E-state index in [9.17, 15) is 10.00 Å². The summed E-state index contributed by atoms with van der Waals surface area (Å²) >= 11 is 4.80. The van der Waals surface area contributed by atoms with Gasteiger partial charge in [0.05, 0.1) is 12.9 Å². The average Bonchev–Trinajstić information content (AvgIpc) is 3.01. The minimum Gasteiger partial charge on any atom is -0.386 e. The number of fused-ring (bicyclic) bond motifs is 2. The number of hydrogen-bond acceptors (Lipinski definition) is 9. The predicted molar refractivity (Wildman–Crippen MR) is 77.0 cm³/mol. The molecule has 0 saturated carbocycles. The maximum atomic E-state index is 10.4. The van der Waals surface area contributed by atoms with E-state index in [1.54, 1.807) is 4.57 Å². The van der Waals surface area contributed by atoms with Crippen LogP contribution in [0.2, 0.25) is 0 Å². The first kappa shape index (κ1) is 17.6. The van der Waals surface area contributed by atoms with Gasteiger partial charge in [0.2, 0.25) is 0 Å². The third kappa shape index (κ3) is 2.95. The van der Waals surface area contributed by atoms with E-state index in [4.69, 9.17) is 31.3 Å². The van der Waals surface area contributed by atoms with Gasteiger partial charge in [0.1, 0.15) is 30.2 Å². The first-order valence-electron chi connectivity index (χ1n) is 6.38. The molecule has 2 aliphatic heterocycles. The fraction of sp³-hybridized carbons (Fsp3) is 0.500. The molecule has 2 aromatic heterocycles. The Morgan fingerprint density at radius 2 is 2.17 bits per heavy atom. The molecule has 0 aliphatic carbocycles. The topological polar surface area (TPSA) is 138 Å². The Balaban J connectivity index is 0.00000156. The van der Waals surface area contributed by atoms with E-state index in [2.05, 4.69) is 15.0 Å². The molecule has 2 saturated heterocycles. The van der Waals surface area contributed by atoms with Gasteiger partial charge in [0.15, 0.2) is 17.7 Å². The number of imidazole rings is 1. The van der Waals surface area contributed by atoms with E-state index in [0.717, 1.165) is 0 Å². The molecule has 4 N–H and O–H groups in total. The summed E-state index contributed by atoms with van der Waals surface area (Å²) in [5, 5.41) is 10.4. The van der Waals surface area contributed by atoms with Crippen LogP contribution < -0.4 is 35.3 Å². The van der Waals surface area contributed by atoms with Crippen LogP contribution in [0.5, 0.6) is 0 Å². The van der Waals surface area contributed by atoms with Crippen molar-refractivity contribution >= 4 is 35.5 Å². The van der Waals surface area contributed by atoms with E-state index < -0.39 is 31.3 Å². The quantitative estimate of drug-likeness (QED) is 0.341. The van der Waals surface area contributed by atoms with Crippen molar-refractivity contribution in [1.82, 2.24) is 19.5 Å². The molecule has 23 heavy (non-hydrogen) atoms. The van der Waals surface area contributed by atoms with Crippen LogP contribution in [-0.4, -0.2) is 54.4 Å². The number of ether oxygens (including phenoxy) is 1. The molecule has 4 rings (SSSR count). The standard InChI is InChI=1S/C10H12N5O5PS.Na/c11-8-5-9(13-2-12-8)15(3-14-5)10-6(16)7-4(19-10)1-18-21(17,22)20-7;/h2-4,6-7,10,16H,1H2,(H,17,22)(H2,11,12,13);/q;+1/t4-,6-,7-,10-,21?;/m1./s1. The number of rotatable bonds is 1. The van der Waals surface area contributed by atoms with Gasteiger partial charge in [0, 0.05) is 0 Å². The Bertz CT molecular complexity index is 792. The Morgan fingerprint density at radius 1 is 1.39 bits per heavy atom. The summed E-state index contributed by atoms with van der Waals surface area (Å²) < 4.78 is 17.6. The van der Waals surface area contributed by atoms with E-state index in [1.807, 2.05) is 0 Å². The van der Waals surface area contributed by atoms with Crippen LogP contribution in [0.15, 0.2) is 12.7 Å². The maximum Gasteiger partial charge on any atom is 1.00 e. The molecule has 13 heteroatoms. The zero-order valence-corrected chi connectivity index (χ0v) is 15.7. The molecule has 0 aromatic carbocycles. The first-order chi connectivity index (χ1) is 10.5. The molecular weight excluding hydrogens is 356 g/mol. The first-order valence-corrected chi connectivity index (χ1v) is 8.97. The fourth-order valence-corrected chi connectivity index (χ4v) is 4.07. The number of hydrogen-bond donors (Lipinski definition) is 3. The van der Waals surface area contributed by atoms with Gasteiger partial charge in [-0.3, -0.25) is 9.09 Å². The number of nitrogens with two attached hydrogens (primary N) is 1. The number of aliphatic hydroxyl groups is 1. The van der Waals surface area contributed by atoms with Gasteiger partial charge in [0.25, 0.3) is 0 Å². The molecule has 118 valence electrons. The Labute approximate surface area is 157 Å². The van der Waals surface area contributed by atoms with Gasteiger partial charge in [-0.2, -0.15) is 0 Å². The monoisotopic (exact) mass is 368 g/mol. The van der Waals surface area contributed by atoms with Gasteiger partial charge in [-0.05, 0) is 11.8 Å². The van der Waals surface area contributed by atoms with Crippen molar-refractivity contribution in [2.24, 2.45) is 0 Å². The number of aliphatic hydroxyl groups excluding tert-OH is 1. The summed E-state index contributed by atoms with van der Waals surface area (Å²) in [4.78, 5) is 21.8. The molecule has 0 radical (unpaired) electrons. The minimum absolute atomic E-state index is 0. The molecule has 10 nitrogen and oxygen atoms in total.